The van der Waals surface area contributed by atoms with Crippen molar-refractivity contribution in [2.24, 2.45) is 23.2 Å². The molecule has 1 heteroatoms. The van der Waals surface area contributed by atoms with Crippen LogP contribution in [0.1, 0.15) is 33.6 Å². The summed E-state index contributed by atoms with van der Waals surface area (Å²) in [5.41, 5.74) is 0.328. The second-order valence-electron chi connectivity index (χ2n) is 4.86. The highest BCUT2D eigenvalue weighted by molar-refractivity contribution is 5.84. The zero-order valence-corrected chi connectivity index (χ0v) is 7.55. The van der Waals surface area contributed by atoms with Crippen molar-refractivity contribution in [3.05, 3.63) is 0 Å². The van der Waals surface area contributed by atoms with E-state index in [0.717, 1.165) is 12.3 Å². The fourth-order valence-corrected chi connectivity index (χ4v) is 3.07. The first kappa shape index (κ1) is 7.33. The molecule has 3 fully saturated rings. The maximum atomic E-state index is 11.5. The molecule has 1 nitrogen and oxygen atoms in total. The summed E-state index contributed by atoms with van der Waals surface area (Å²) in [7, 11) is 0. The van der Waals surface area contributed by atoms with E-state index in [1.54, 1.807) is 0 Å². The van der Waals surface area contributed by atoms with Gasteiger partial charge in [-0.15, -0.1) is 0 Å². The third-order valence-electron chi connectivity index (χ3n) is 3.94. The molecule has 11 heavy (non-hydrogen) atoms. The van der Waals surface area contributed by atoms with Gasteiger partial charge in [-0.05, 0) is 23.7 Å². The fourth-order valence-electron chi connectivity index (χ4n) is 3.07. The van der Waals surface area contributed by atoms with Gasteiger partial charge in [0, 0.05) is 12.3 Å². The molecular formula is C10H16O. The first-order valence-electron chi connectivity index (χ1n) is 4.56. The van der Waals surface area contributed by atoms with Crippen LogP contribution in [0.3, 0.4) is 0 Å². The van der Waals surface area contributed by atoms with Crippen molar-refractivity contribution in [2.45, 2.75) is 33.6 Å². The first-order chi connectivity index (χ1) is 5.03. The summed E-state index contributed by atoms with van der Waals surface area (Å²) in [6.07, 6.45) is 2.02. The van der Waals surface area contributed by atoms with Crippen LogP contribution in [0.4, 0.5) is 0 Å². The van der Waals surface area contributed by atoms with E-state index in [-0.39, 0.29) is 0 Å². The number of carbonyl (C=O) groups is 1. The van der Waals surface area contributed by atoms with Gasteiger partial charge in [-0.25, -0.2) is 0 Å². The van der Waals surface area contributed by atoms with Crippen molar-refractivity contribution < 1.29 is 4.79 Å². The number of Topliss-reactive ketones (excluding diaryl/α,β-unsaturated/α-hetero) is 1. The van der Waals surface area contributed by atoms with E-state index in [2.05, 4.69) is 20.8 Å². The maximum Gasteiger partial charge on any atom is 0.136 e. The fraction of sp³-hybridized carbons (Fsp3) is 0.900. The van der Waals surface area contributed by atoms with Crippen LogP contribution in [0, 0.1) is 23.2 Å². The minimum atomic E-state index is 0.328. The van der Waals surface area contributed by atoms with Gasteiger partial charge in [-0.1, -0.05) is 20.8 Å². The van der Waals surface area contributed by atoms with Gasteiger partial charge < -0.3 is 0 Å². The number of fused-ring (bicyclic) bond motifs is 2. The van der Waals surface area contributed by atoms with E-state index in [1.165, 1.54) is 6.42 Å². The van der Waals surface area contributed by atoms with Gasteiger partial charge in [-0.2, -0.15) is 0 Å². The average molecular weight is 152 g/mol. The van der Waals surface area contributed by atoms with Gasteiger partial charge in [0.1, 0.15) is 5.78 Å². The molecule has 0 saturated heterocycles. The summed E-state index contributed by atoms with van der Waals surface area (Å²) in [4.78, 5) is 11.5. The smallest absolute Gasteiger partial charge is 0.136 e. The number of carbonyl (C=O) groups excluding carboxylic acids is 1. The highest BCUT2D eigenvalue weighted by Crippen LogP contribution is 2.59. The van der Waals surface area contributed by atoms with Gasteiger partial charge in [0.15, 0.2) is 0 Å². The molecule has 3 unspecified atom stereocenters. The molecule has 0 amide bonds. The molecule has 0 heterocycles. The van der Waals surface area contributed by atoms with Gasteiger partial charge in [0.05, 0.1) is 0 Å². The first-order valence-corrected chi connectivity index (χ1v) is 4.56. The van der Waals surface area contributed by atoms with E-state index < -0.39 is 0 Å². The van der Waals surface area contributed by atoms with E-state index in [0.29, 0.717) is 23.0 Å². The summed E-state index contributed by atoms with van der Waals surface area (Å²) in [6, 6.07) is 0. The second kappa shape index (κ2) is 1.88. The van der Waals surface area contributed by atoms with Crippen LogP contribution >= 0.6 is 0 Å². The minimum Gasteiger partial charge on any atom is -0.299 e. The average Bonchev–Trinajstić information content (AvgIpc) is 1.84. The lowest BCUT2D eigenvalue weighted by Gasteiger charge is -2.58. The number of rotatable bonds is 0. The molecule has 0 aromatic carbocycles. The molecular weight excluding hydrogens is 136 g/mol. The Labute approximate surface area is 68.2 Å². The largest absolute Gasteiger partial charge is 0.299 e. The number of hydrogen-bond donors (Lipinski definition) is 0. The Balaban J connectivity index is 2.26. The predicted octanol–water partition coefficient (Wildman–Crippen LogP) is 2.26. The molecule has 3 rings (SSSR count). The van der Waals surface area contributed by atoms with Gasteiger partial charge >= 0.3 is 0 Å². The third kappa shape index (κ3) is 0.743. The molecule has 2 bridgehead atoms. The molecule has 0 aromatic heterocycles. The van der Waals surface area contributed by atoms with Crippen molar-refractivity contribution in [3.8, 4) is 0 Å². The topological polar surface area (TPSA) is 17.1 Å². The molecule has 0 aromatic rings. The standard InChI is InChI=1S/C10H16O/c1-6-4-9(11)8-5-7(6)10(8,2)3/h6-8H,4-5H2,1-3H3. The Morgan fingerprint density at radius 2 is 2.09 bits per heavy atom. The minimum absolute atomic E-state index is 0.328. The van der Waals surface area contributed by atoms with Gasteiger partial charge in [0.2, 0.25) is 0 Å². The summed E-state index contributed by atoms with van der Waals surface area (Å²) in [5.74, 6) is 2.39. The van der Waals surface area contributed by atoms with Crippen LogP contribution in [-0.4, -0.2) is 5.78 Å². The van der Waals surface area contributed by atoms with Crippen molar-refractivity contribution in [2.75, 3.05) is 0 Å². The molecule has 0 aliphatic heterocycles. The SMILES string of the molecule is CC1CC(=O)C2CC1C2(C)C. The van der Waals surface area contributed by atoms with Crippen LogP contribution in [0.5, 0.6) is 0 Å². The molecule has 62 valence electrons. The maximum absolute atomic E-state index is 11.5. The lowest BCUT2D eigenvalue weighted by molar-refractivity contribution is -0.156. The highest BCUT2D eigenvalue weighted by Gasteiger charge is 2.56. The van der Waals surface area contributed by atoms with E-state index in [9.17, 15) is 4.79 Å². The molecule has 3 atom stereocenters. The highest BCUT2D eigenvalue weighted by atomic mass is 16.1. The van der Waals surface area contributed by atoms with E-state index in [1.807, 2.05) is 0 Å². The van der Waals surface area contributed by atoms with Crippen LogP contribution in [0.15, 0.2) is 0 Å². The van der Waals surface area contributed by atoms with E-state index >= 15 is 0 Å². The monoisotopic (exact) mass is 152 g/mol. The molecule has 0 radical (unpaired) electrons. The Morgan fingerprint density at radius 3 is 2.45 bits per heavy atom. The molecule has 3 aliphatic carbocycles. The normalized spacial score (nSPS) is 46.8. The van der Waals surface area contributed by atoms with Crippen molar-refractivity contribution >= 4 is 5.78 Å². The Morgan fingerprint density at radius 1 is 1.45 bits per heavy atom. The Kier molecular flexibility index (Phi) is 1.25. The van der Waals surface area contributed by atoms with Crippen molar-refractivity contribution in [1.82, 2.24) is 0 Å². The summed E-state index contributed by atoms with van der Waals surface area (Å²) in [5, 5.41) is 0. The molecule has 0 spiro atoms. The van der Waals surface area contributed by atoms with Gasteiger partial charge in [-0.3, -0.25) is 4.79 Å². The lowest BCUT2D eigenvalue weighted by Crippen LogP contribution is -2.56. The Bertz CT molecular complexity index is 205. The van der Waals surface area contributed by atoms with Crippen molar-refractivity contribution in [1.29, 1.82) is 0 Å². The predicted molar refractivity (Wildman–Crippen MR) is 44.2 cm³/mol. The molecule has 3 aliphatic rings. The van der Waals surface area contributed by atoms with Crippen LogP contribution in [0.2, 0.25) is 0 Å². The quantitative estimate of drug-likeness (QED) is 0.520. The number of ketones is 1. The molecule has 3 saturated carbocycles. The third-order valence-corrected chi connectivity index (χ3v) is 3.94. The van der Waals surface area contributed by atoms with Gasteiger partial charge in [0.25, 0.3) is 0 Å². The summed E-state index contributed by atoms with van der Waals surface area (Å²) in [6.45, 7) is 6.72. The number of hydrogen-bond acceptors (Lipinski definition) is 1. The van der Waals surface area contributed by atoms with Crippen LogP contribution in [-0.2, 0) is 4.79 Å². The van der Waals surface area contributed by atoms with Crippen LogP contribution in [0.25, 0.3) is 0 Å². The van der Waals surface area contributed by atoms with Crippen LogP contribution < -0.4 is 0 Å². The lowest BCUT2D eigenvalue weighted by atomic mass is 9.45. The zero-order valence-electron chi connectivity index (χ0n) is 7.55. The Hall–Kier alpha value is -0.330. The second-order valence-corrected chi connectivity index (χ2v) is 4.86. The molecule has 0 N–H and O–H groups in total. The summed E-state index contributed by atoms with van der Waals surface area (Å²) < 4.78 is 0. The van der Waals surface area contributed by atoms with Crippen molar-refractivity contribution in [3.63, 3.8) is 0 Å². The van der Waals surface area contributed by atoms with E-state index in [4.69, 9.17) is 0 Å². The zero-order chi connectivity index (χ0) is 8.22. The summed E-state index contributed by atoms with van der Waals surface area (Å²) >= 11 is 0.